The molecule has 19 heavy (non-hydrogen) atoms. The van der Waals surface area contributed by atoms with Crippen molar-refractivity contribution in [3.05, 3.63) is 40.4 Å². The lowest BCUT2D eigenvalue weighted by molar-refractivity contribution is 0.0949. The zero-order valence-electron chi connectivity index (χ0n) is 10.6. The average Bonchev–Trinajstić information content (AvgIpc) is 2.81. The fourth-order valence-electron chi connectivity index (χ4n) is 1.53. The second-order valence-corrected chi connectivity index (χ2v) is 4.72. The van der Waals surface area contributed by atoms with Crippen LogP contribution in [0.1, 0.15) is 16.2 Å². The van der Waals surface area contributed by atoms with E-state index in [4.69, 9.17) is 4.74 Å². The summed E-state index contributed by atoms with van der Waals surface area (Å²) in [5.41, 5.74) is 0.545. The molecule has 1 amide bonds. The summed E-state index contributed by atoms with van der Waals surface area (Å²) in [7, 11) is 3.35. The first-order valence-electron chi connectivity index (χ1n) is 5.56. The van der Waals surface area contributed by atoms with Crippen molar-refractivity contribution in [2.45, 2.75) is 6.54 Å². The maximum Gasteiger partial charge on any atom is 0.251 e. The number of nitrogens with zero attached hydrogens (tertiary/aromatic N) is 3. The zero-order chi connectivity index (χ0) is 13.8. The molecule has 2 rings (SSSR count). The predicted molar refractivity (Wildman–Crippen MR) is 72.9 cm³/mol. The fourth-order valence-corrected chi connectivity index (χ4v) is 2.07. The molecule has 0 radical (unpaired) electrons. The van der Waals surface area contributed by atoms with E-state index in [9.17, 15) is 4.79 Å². The molecule has 1 heterocycles. The van der Waals surface area contributed by atoms with E-state index in [1.165, 1.54) is 0 Å². The Labute approximate surface area is 118 Å². The highest BCUT2D eigenvalue weighted by Crippen LogP contribution is 2.25. The molecule has 1 N–H and O–H groups in total. The SMILES string of the molecule is COc1ccc(C(=O)NCc2ncn(C)n2)cc1Br. The van der Waals surface area contributed by atoms with Gasteiger partial charge in [0.25, 0.3) is 5.91 Å². The lowest BCUT2D eigenvalue weighted by Crippen LogP contribution is -2.23. The van der Waals surface area contributed by atoms with Crippen LogP contribution in [0.15, 0.2) is 29.0 Å². The van der Waals surface area contributed by atoms with Crippen LogP contribution in [0.3, 0.4) is 0 Å². The number of halogens is 1. The highest BCUT2D eigenvalue weighted by molar-refractivity contribution is 9.10. The standard InChI is InChI=1S/C12H13BrN4O2/c1-17-7-15-11(16-17)6-14-12(18)8-3-4-10(19-2)9(13)5-8/h3-5,7H,6H2,1-2H3,(H,14,18). The van der Waals surface area contributed by atoms with Crippen LogP contribution in [-0.4, -0.2) is 27.8 Å². The molecule has 0 aliphatic heterocycles. The Morgan fingerprint density at radius 3 is 2.89 bits per heavy atom. The van der Waals surface area contributed by atoms with Gasteiger partial charge in [0.15, 0.2) is 5.82 Å². The Hall–Kier alpha value is -1.89. The normalized spacial score (nSPS) is 10.3. The Morgan fingerprint density at radius 2 is 2.32 bits per heavy atom. The van der Waals surface area contributed by atoms with E-state index in [1.54, 1.807) is 43.4 Å². The number of carbonyl (C=O) groups is 1. The predicted octanol–water partition coefficient (Wildman–Crippen LogP) is 1.52. The number of hydrogen-bond donors (Lipinski definition) is 1. The third-order valence-corrected chi connectivity index (χ3v) is 3.09. The minimum absolute atomic E-state index is 0.184. The molecule has 1 aromatic heterocycles. The number of aromatic nitrogens is 3. The van der Waals surface area contributed by atoms with Crippen LogP contribution in [0.4, 0.5) is 0 Å². The van der Waals surface area contributed by atoms with Crippen molar-refractivity contribution >= 4 is 21.8 Å². The molecule has 2 aromatic rings. The molecule has 7 heteroatoms. The smallest absolute Gasteiger partial charge is 0.251 e. The lowest BCUT2D eigenvalue weighted by atomic mass is 10.2. The summed E-state index contributed by atoms with van der Waals surface area (Å²) < 4.78 is 7.43. The first kappa shape index (κ1) is 13.5. The van der Waals surface area contributed by atoms with Gasteiger partial charge in [-0.05, 0) is 34.1 Å². The van der Waals surface area contributed by atoms with Gasteiger partial charge in [0, 0.05) is 12.6 Å². The van der Waals surface area contributed by atoms with Crippen LogP contribution in [0, 0.1) is 0 Å². The maximum atomic E-state index is 11.9. The van der Waals surface area contributed by atoms with E-state index in [0.29, 0.717) is 23.7 Å². The summed E-state index contributed by atoms with van der Waals surface area (Å²) in [6.45, 7) is 0.295. The molecule has 100 valence electrons. The highest BCUT2D eigenvalue weighted by atomic mass is 79.9. The van der Waals surface area contributed by atoms with E-state index >= 15 is 0 Å². The quantitative estimate of drug-likeness (QED) is 0.925. The molecule has 0 spiro atoms. The summed E-state index contributed by atoms with van der Waals surface area (Å²) in [6.07, 6.45) is 1.59. The van der Waals surface area contributed by atoms with Gasteiger partial charge in [-0.2, -0.15) is 5.10 Å². The van der Waals surface area contributed by atoms with E-state index in [0.717, 1.165) is 4.47 Å². The number of aryl methyl sites for hydroxylation is 1. The molecule has 6 nitrogen and oxygen atoms in total. The lowest BCUT2D eigenvalue weighted by Gasteiger charge is -2.06. The molecule has 0 bridgehead atoms. The Morgan fingerprint density at radius 1 is 1.53 bits per heavy atom. The van der Waals surface area contributed by atoms with Crippen molar-refractivity contribution in [1.29, 1.82) is 0 Å². The van der Waals surface area contributed by atoms with Gasteiger partial charge in [-0.25, -0.2) is 4.98 Å². The molecule has 1 aromatic carbocycles. The Bertz CT molecular complexity index is 597. The molecule has 0 aliphatic carbocycles. The first-order chi connectivity index (χ1) is 9.10. The molecule has 0 unspecified atom stereocenters. The monoisotopic (exact) mass is 324 g/mol. The van der Waals surface area contributed by atoms with Crippen LogP contribution in [0.2, 0.25) is 0 Å². The highest BCUT2D eigenvalue weighted by Gasteiger charge is 2.09. The summed E-state index contributed by atoms with van der Waals surface area (Å²) in [5, 5.41) is 6.84. The van der Waals surface area contributed by atoms with Crippen LogP contribution in [0.5, 0.6) is 5.75 Å². The summed E-state index contributed by atoms with van der Waals surface area (Å²) >= 11 is 3.34. The van der Waals surface area contributed by atoms with Crippen LogP contribution < -0.4 is 10.1 Å². The number of hydrogen-bond acceptors (Lipinski definition) is 4. The van der Waals surface area contributed by atoms with E-state index < -0.39 is 0 Å². The van der Waals surface area contributed by atoms with Gasteiger partial charge in [-0.15, -0.1) is 0 Å². The van der Waals surface area contributed by atoms with Crippen molar-refractivity contribution in [3.63, 3.8) is 0 Å². The third-order valence-electron chi connectivity index (χ3n) is 2.47. The minimum atomic E-state index is -0.184. The Balaban J connectivity index is 2.01. The number of methoxy groups -OCH3 is 1. The van der Waals surface area contributed by atoms with Crippen molar-refractivity contribution in [3.8, 4) is 5.75 Å². The summed E-state index contributed by atoms with van der Waals surface area (Å²) in [5.74, 6) is 1.07. The second kappa shape index (κ2) is 5.83. The van der Waals surface area contributed by atoms with E-state index in [2.05, 4.69) is 31.3 Å². The summed E-state index contributed by atoms with van der Waals surface area (Å²) in [6, 6.07) is 5.14. The number of benzene rings is 1. The van der Waals surface area contributed by atoms with Gasteiger partial charge < -0.3 is 10.1 Å². The van der Waals surface area contributed by atoms with Crippen molar-refractivity contribution in [2.24, 2.45) is 7.05 Å². The van der Waals surface area contributed by atoms with Gasteiger partial charge in [-0.3, -0.25) is 9.48 Å². The number of ether oxygens (including phenoxy) is 1. The molecule has 0 saturated heterocycles. The molecule has 0 aliphatic rings. The number of rotatable bonds is 4. The molecular formula is C12H13BrN4O2. The van der Waals surface area contributed by atoms with Crippen LogP contribution in [-0.2, 0) is 13.6 Å². The molecule has 0 saturated carbocycles. The van der Waals surface area contributed by atoms with Crippen molar-refractivity contribution < 1.29 is 9.53 Å². The van der Waals surface area contributed by atoms with Crippen molar-refractivity contribution in [2.75, 3.05) is 7.11 Å². The van der Waals surface area contributed by atoms with Crippen LogP contribution in [0.25, 0.3) is 0 Å². The maximum absolute atomic E-state index is 11.9. The van der Waals surface area contributed by atoms with Crippen molar-refractivity contribution in [1.82, 2.24) is 20.1 Å². The van der Waals surface area contributed by atoms with E-state index in [1.807, 2.05) is 0 Å². The zero-order valence-corrected chi connectivity index (χ0v) is 12.1. The molecule has 0 fully saturated rings. The summed E-state index contributed by atoms with van der Waals surface area (Å²) in [4.78, 5) is 16.0. The Kier molecular flexibility index (Phi) is 4.16. The van der Waals surface area contributed by atoms with Crippen LogP contribution >= 0.6 is 15.9 Å². The van der Waals surface area contributed by atoms with Gasteiger partial charge in [0.05, 0.1) is 18.1 Å². The number of carbonyl (C=O) groups excluding carboxylic acids is 1. The van der Waals surface area contributed by atoms with Gasteiger partial charge in [-0.1, -0.05) is 0 Å². The second-order valence-electron chi connectivity index (χ2n) is 3.87. The minimum Gasteiger partial charge on any atom is -0.496 e. The van der Waals surface area contributed by atoms with Gasteiger partial charge in [0.1, 0.15) is 12.1 Å². The third kappa shape index (κ3) is 3.31. The van der Waals surface area contributed by atoms with Gasteiger partial charge in [0.2, 0.25) is 0 Å². The van der Waals surface area contributed by atoms with E-state index in [-0.39, 0.29) is 5.91 Å². The number of amides is 1. The molecule has 0 atom stereocenters. The first-order valence-corrected chi connectivity index (χ1v) is 6.35. The average molecular weight is 325 g/mol. The largest absolute Gasteiger partial charge is 0.496 e. The fraction of sp³-hybridized carbons (Fsp3) is 0.250. The molecular weight excluding hydrogens is 312 g/mol. The van der Waals surface area contributed by atoms with Gasteiger partial charge >= 0.3 is 0 Å². The number of nitrogens with one attached hydrogen (secondary N) is 1. The topological polar surface area (TPSA) is 69.0 Å².